The van der Waals surface area contributed by atoms with Gasteiger partial charge in [-0.05, 0) is 6.07 Å². The third-order valence-corrected chi connectivity index (χ3v) is 2.87. The lowest BCUT2D eigenvalue weighted by molar-refractivity contribution is 0.0528. The molecule has 1 atom stereocenters. The third kappa shape index (κ3) is 3.45. The Morgan fingerprint density at radius 3 is 3.00 bits per heavy atom. The first-order valence-electron chi connectivity index (χ1n) is 6.41. The highest BCUT2D eigenvalue weighted by atomic mass is 16.5. The third-order valence-electron chi connectivity index (χ3n) is 2.87. The summed E-state index contributed by atoms with van der Waals surface area (Å²) in [5.74, 6) is 0.115. The summed E-state index contributed by atoms with van der Waals surface area (Å²) < 4.78 is 10.5. The summed E-state index contributed by atoms with van der Waals surface area (Å²) in [4.78, 5) is 11.6. The molecule has 0 fully saturated rings. The van der Waals surface area contributed by atoms with Crippen LogP contribution in [0, 0.1) is 0 Å². The monoisotopic (exact) mass is 265 g/mol. The largest absolute Gasteiger partial charge is 0.490 e. The molecule has 0 spiro atoms. The van der Waals surface area contributed by atoms with E-state index in [0.717, 1.165) is 5.56 Å². The quantitative estimate of drug-likeness (QED) is 0.754. The van der Waals surface area contributed by atoms with Crippen LogP contribution in [-0.2, 0) is 11.3 Å². The highest BCUT2D eigenvalue weighted by Gasteiger charge is 2.25. The van der Waals surface area contributed by atoms with Gasteiger partial charge in [0.05, 0.1) is 0 Å². The van der Waals surface area contributed by atoms with Gasteiger partial charge >= 0.3 is 5.97 Å². The van der Waals surface area contributed by atoms with E-state index < -0.39 is 6.10 Å². The van der Waals surface area contributed by atoms with Gasteiger partial charge in [0.25, 0.3) is 0 Å². The van der Waals surface area contributed by atoms with Crippen LogP contribution in [0.1, 0.15) is 29.8 Å². The van der Waals surface area contributed by atoms with E-state index in [2.05, 4.69) is 5.32 Å². The molecule has 2 N–H and O–H groups in total. The van der Waals surface area contributed by atoms with Crippen molar-refractivity contribution in [3.8, 4) is 5.75 Å². The molecule has 0 amide bonds. The molecule has 0 aromatic heterocycles. The predicted molar refractivity (Wildman–Crippen MR) is 70.2 cm³/mol. The number of esters is 1. The number of nitrogens with one attached hydrogen (secondary N) is 1. The van der Waals surface area contributed by atoms with E-state index in [1.807, 2.05) is 26.0 Å². The van der Waals surface area contributed by atoms with E-state index in [1.165, 1.54) is 0 Å². The lowest BCUT2D eigenvalue weighted by Gasteiger charge is -2.15. The van der Waals surface area contributed by atoms with Gasteiger partial charge in [0.2, 0.25) is 0 Å². The molecule has 5 heteroatoms. The number of hydrogen-bond donors (Lipinski definition) is 2. The zero-order chi connectivity index (χ0) is 13.8. The topological polar surface area (TPSA) is 67.8 Å². The normalized spacial score (nSPS) is 15.3. The number of benzene rings is 1. The number of carbonyl (C=O) groups is 1. The fourth-order valence-corrected chi connectivity index (χ4v) is 1.88. The number of aliphatic hydroxyl groups excluding tert-OH is 1. The van der Waals surface area contributed by atoms with E-state index in [1.54, 1.807) is 6.07 Å². The first-order chi connectivity index (χ1) is 9.08. The van der Waals surface area contributed by atoms with Crippen molar-refractivity contribution in [1.29, 1.82) is 0 Å². The second kappa shape index (κ2) is 6.04. The first-order valence-corrected chi connectivity index (χ1v) is 6.41. The summed E-state index contributed by atoms with van der Waals surface area (Å²) in [5, 5.41) is 12.9. The predicted octanol–water partition coefficient (Wildman–Crippen LogP) is 1.09. The molecule has 19 heavy (non-hydrogen) atoms. The molecular weight excluding hydrogens is 246 g/mol. The van der Waals surface area contributed by atoms with Gasteiger partial charge in [-0.1, -0.05) is 26.0 Å². The minimum absolute atomic E-state index is 0.142. The second-order valence-corrected chi connectivity index (χ2v) is 4.89. The van der Waals surface area contributed by atoms with Crippen LogP contribution in [0.25, 0.3) is 0 Å². The maximum atomic E-state index is 11.6. The molecule has 0 radical (unpaired) electrons. The van der Waals surface area contributed by atoms with Crippen LogP contribution in [0.5, 0.6) is 5.75 Å². The number of rotatable bonds is 6. The van der Waals surface area contributed by atoms with E-state index in [4.69, 9.17) is 9.47 Å². The van der Waals surface area contributed by atoms with Gasteiger partial charge in [0.15, 0.2) is 0 Å². The van der Waals surface area contributed by atoms with Crippen molar-refractivity contribution >= 4 is 5.97 Å². The lowest BCUT2D eigenvalue weighted by Crippen LogP contribution is -2.35. The molecule has 1 aliphatic heterocycles. The van der Waals surface area contributed by atoms with Crippen LogP contribution in [0.4, 0.5) is 0 Å². The maximum Gasteiger partial charge on any atom is 0.342 e. The molecule has 0 bridgehead atoms. The van der Waals surface area contributed by atoms with Crippen molar-refractivity contribution in [3.63, 3.8) is 0 Å². The molecule has 2 rings (SSSR count). The summed E-state index contributed by atoms with van der Waals surface area (Å²) >= 11 is 0. The van der Waals surface area contributed by atoms with Crippen molar-refractivity contribution < 1.29 is 19.4 Å². The van der Waals surface area contributed by atoms with Crippen LogP contribution in [-0.4, -0.2) is 36.4 Å². The Morgan fingerprint density at radius 2 is 2.26 bits per heavy atom. The Morgan fingerprint density at radius 1 is 1.47 bits per heavy atom. The zero-order valence-electron chi connectivity index (χ0n) is 11.2. The molecule has 104 valence electrons. The van der Waals surface area contributed by atoms with Gasteiger partial charge in [-0.25, -0.2) is 4.79 Å². The Balaban J connectivity index is 1.94. The fourth-order valence-electron chi connectivity index (χ4n) is 1.88. The van der Waals surface area contributed by atoms with Gasteiger partial charge in [-0.3, -0.25) is 0 Å². The molecule has 1 aliphatic rings. The molecular formula is C14H19NO4. The molecule has 5 nitrogen and oxygen atoms in total. The maximum absolute atomic E-state index is 11.6. The second-order valence-electron chi connectivity index (χ2n) is 4.89. The molecule has 0 saturated heterocycles. The minimum Gasteiger partial charge on any atom is -0.490 e. The number of aliphatic hydroxyl groups is 1. The van der Waals surface area contributed by atoms with Crippen molar-refractivity contribution in [3.05, 3.63) is 29.3 Å². The van der Waals surface area contributed by atoms with Gasteiger partial charge in [-0.15, -0.1) is 0 Å². The zero-order valence-corrected chi connectivity index (χ0v) is 11.2. The van der Waals surface area contributed by atoms with E-state index in [-0.39, 0.29) is 12.6 Å². The molecule has 1 heterocycles. The molecule has 1 unspecified atom stereocenters. The lowest BCUT2D eigenvalue weighted by atomic mass is 10.1. The number of fused-ring (bicyclic) bond motifs is 1. The minimum atomic E-state index is -0.615. The van der Waals surface area contributed by atoms with E-state index in [9.17, 15) is 9.90 Å². The Kier molecular flexibility index (Phi) is 4.39. The fraction of sp³-hybridized carbons (Fsp3) is 0.500. The number of carbonyl (C=O) groups excluding carboxylic acids is 1. The van der Waals surface area contributed by atoms with Crippen LogP contribution in [0.3, 0.4) is 0 Å². The summed E-state index contributed by atoms with van der Waals surface area (Å²) in [6.45, 7) is 4.91. The van der Waals surface area contributed by atoms with E-state index in [0.29, 0.717) is 30.5 Å². The Labute approximate surface area is 112 Å². The highest BCUT2D eigenvalue weighted by molar-refractivity contribution is 5.96. The van der Waals surface area contributed by atoms with Crippen LogP contribution >= 0.6 is 0 Å². The van der Waals surface area contributed by atoms with Crippen molar-refractivity contribution in [2.75, 3.05) is 13.2 Å². The molecule has 1 aromatic carbocycles. The smallest absolute Gasteiger partial charge is 0.342 e. The van der Waals surface area contributed by atoms with Crippen LogP contribution in [0.15, 0.2) is 18.2 Å². The number of hydrogen-bond acceptors (Lipinski definition) is 5. The van der Waals surface area contributed by atoms with Crippen LogP contribution < -0.4 is 10.1 Å². The molecule has 1 aromatic rings. The van der Waals surface area contributed by atoms with Gasteiger partial charge < -0.3 is 19.9 Å². The summed E-state index contributed by atoms with van der Waals surface area (Å²) in [5.41, 5.74) is 1.31. The number of ether oxygens (including phenoxy) is 2. The average molecular weight is 265 g/mol. The van der Waals surface area contributed by atoms with Crippen LogP contribution in [0.2, 0.25) is 0 Å². The Hall–Kier alpha value is -1.59. The molecule has 0 saturated carbocycles. The summed E-state index contributed by atoms with van der Waals surface area (Å²) in [6, 6.07) is 5.68. The first kappa shape index (κ1) is 13.8. The Bertz CT molecular complexity index is 459. The summed E-state index contributed by atoms with van der Waals surface area (Å²) in [7, 11) is 0. The SMILES string of the molecule is CC(C)NCC(O)COc1cccc2c1C(=O)OC2. The molecule has 0 aliphatic carbocycles. The van der Waals surface area contributed by atoms with Crippen molar-refractivity contribution in [2.45, 2.75) is 32.6 Å². The standard InChI is InChI=1S/C14H19NO4/c1-9(2)15-6-11(16)8-18-12-5-3-4-10-7-19-14(17)13(10)12/h3-5,9,11,15-16H,6-8H2,1-2H3. The van der Waals surface area contributed by atoms with Gasteiger partial charge in [0, 0.05) is 18.2 Å². The average Bonchev–Trinajstić information content (AvgIpc) is 2.76. The van der Waals surface area contributed by atoms with Crippen molar-refractivity contribution in [1.82, 2.24) is 5.32 Å². The highest BCUT2D eigenvalue weighted by Crippen LogP contribution is 2.28. The van der Waals surface area contributed by atoms with E-state index >= 15 is 0 Å². The van der Waals surface area contributed by atoms with Gasteiger partial charge in [-0.2, -0.15) is 0 Å². The van der Waals surface area contributed by atoms with Gasteiger partial charge in [0.1, 0.15) is 30.6 Å². The number of cyclic esters (lactones) is 1. The summed E-state index contributed by atoms with van der Waals surface area (Å²) in [6.07, 6.45) is -0.615. The van der Waals surface area contributed by atoms with Crippen molar-refractivity contribution in [2.24, 2.45) is 0 Å².